The fourth-order valence-corrected chi connectivity index (χ4v) is 2.71. The summed E-state index contributed by atoms with van der Waals surface area (Å²) >= 11 is 0. The van der Waals surface area contributed by atoms with Crippen LogP contribution in [-0.4, -0.2) is 17.7 Å². The van der Waals surface area contributed by atoms with Gasteiger partial charge in [-0.25, -0.2) is 4.79 Å². The van der Waals surface area contributed by atoms with Crippen molar-refractivity contribution in [3.63, 3.8) is 0 Å². The minimum Gasteiger partial charge on any atom is -0.384 e. The standard InChI is InChI=1S/C20H26N2O2/c1-4-15-10-9-11-16(5-2)18(15)22-19(23)21-14-20(3,24)17-12-7-6-8-13-17/h6-13,24H,4-5,14H2,1-3H3,(H2,21,22,23). The van der Waals surface area contributed by atoms with E-state index in [-0.39, 0.29) is 12.6 Å². The van der Waals surface area contributed by atoms with E-state index in [1.165, 1.54) is 0 Å². The van der Waals surface area contributed by atoms with Crippen LogP contribution in [0.2, 0.25) is 0 Å². The number of benzene rings is 2. The van der Waals surface area contributed by atoms with Gasteiger partial charge in [0.1, 0.15) is 5.60 Å². The number of carbonyl (C=O) groups excluding carboxylic acids is 1. The summed E-state index contributed by atoms with van der Waals surface area (Å²) in [5, 5.41) is 16.3. The second-order valence-electron chi connectivity index (χ2n) is 6.11. The van der Waals surface area contributed by atoms with Crippen LogP contribution in [0.4, 0.5) is 10.5 Å². The van der Waals surface area contributed by atoms with Crippen LogP contribution in [0.15, 0.2) is 48.5 Å². The summed E-state index contributed by atoms with van der Waals surface area (Å²) in [5.41, 5.74) is 2.75. The third-order valence-corrected chi connectivity index (χ3v) is 4.23. The lowest BCUT2D eigenvalue weighted by Crippen LogP contribution is -2.40. The highest BCUT2D eigenvalue weighted by Crippen LogP contribution is 2.23. The molecule has 0 aromatic heterocycles. The summed E-state index contributed by atoms with van der Waals surface area (Å²) in [7, 11) is 0. The van der Waals surface area contributed by atoms with E-state index in [0.717, 1.165) is 35.2 Å². The molecule has 0 aliphatic heterocycles. The van der Waals surface area contributed by atoms with Gasteiger partial charge in [-0.1, -0.05) is 62.4 Å². The molecule has 4 nitrogen and oxygen atoms in total. The van der Waals surface area contributed by atoms with Gasteiger partial charge in [-0.3, -0.25) is 0 Å². The number of anilines is 1. The number of para-hydroxylation sites is 1. The minimum absolute atomic E-state index is 0.137. The maximum Gasteiger partial charge on any atom is 0.319 e. The molecular formula is C20H26N2O2. The predicted octanol–water partition coefficient (Wildman–Crippen LogP) is 3.84. The van der Waals surface area contributed by atoms with Crippen molar-refractivity contribution in [1.82, 2.24) is 5.32 Å². The maximum absolute atomic E-state index is 12.3. The van der Waals surface area contributed by atoms with Crippen LogP contribution in [0.5, 0.6) is 0 Å². The average Bonchev–Trinajstić information content (AvgIpc) is 2.61. The molecule has 0 heterocycles. The average molecular weight is 326 g/mol. The van der Waals surface area contributed by atoms with Crippen LogP contribution in [0.1, 0.15) is 37.5 Å². The van der Waals surface area contributed by atoms with Gasteiger partial charge in [0.25, 0.3) is 0 Å². The minimum atomic E-state index is -1.11. The first-order valence-corrected chi connectivity index (χ1v) is 8.41. The van der Waals surface area contributed by atoms with E-state index >= 15 is 0 Å². The van der Waals surface area contributed by atoms with Crippen LogP contribution < -0.4 is 10.6 Å². The van der Waals surface area contributed by atoms with Crippen molar-refractivity contribution < 1.29 is 9.90 Å². The molecule has 2 rings (SSSR count). The molecule has 0 fully saturated rings. The Kier molecular flexibility index (Phi) is 5.99. The van der Waals surface area contributed by atoms with Crippen molar-refractivity contribution in [3.05, 3.63) is 65.2 Å². The molecule has 0 aliphatic carbocycles. The molecule has 0 spiro atoms. The summed E-state index contributed by atoms with van der Waals surface area (Å²) < 4.78 is 0. The van der Waals surface area contributed by atoms with Crippen molar-refractivity contribution in [3.8, 4) is 0 Å². The van der Waals surface area contributed by atoms with Crippen molar-refractivity contribution in [2.24, 2.45) is 0 Å². The second kappa shape index (κ2) is 7.97. The van der Waals surface area contributed by atoms with Crippen molar-refractivity contribution in [1.29, 1.82) is 0 Å². The first-order chi connectivity index (χ1) is 11.5. The Balaban J connectivity index is 2.04. The largest absolute Gasteiger partial charge is 0.384 e. The van der Waals surface area contributed by atoms with Crippen LogP contribution >= 0.6 is 0 Å². The summed E-state index contributed by atoms with van der Waals surface area (Å²) in [5.74, 6) is 0. The third-order valence-electron chi connectivity index (χ3n) is 4.23. The van der Waals surface area contributed by atoms with Crippen LogP contribution in [-0.2, 0) is 18.4 Å². The number of nitrogens with one attached hydrogen (secondary N) is 2. The topological polar surface area (TPSA) is 61.4 Å². The fourth-order valence-electron chi connectivity index (χ4n) is 2.71. The Hall–Kier alpha value is -2.33. The Bertz CT molecular complexity index is 659. The lowest BCUT2D eigenvalue weighted by atomic mass is 9.96. The first kappa shape index (κ1) is 18.0. The van der Waals surface area contributed by atoms with Gasteiger partial charge in [0, 0.05) is 5.69 Å². The molecule has 1 atom stereocenters. The number of rotatable bonds is 6. The monoisotopic (exact) mass is 326 g/mol. The SMILES string of the molecule is CCc1cccc(CC)c1NC(=O)NCC(C)(O)c1ccccc1. The highest BCUT2D eigenvalue weighted by molar-refractivity contribution is 5.91. The second-order valence-corrected chi connectivity index (χ2v) is 6.11. The summed E-state index contributed by atoms with van der Waals surface area (Å²) in [6, 6.07) is 15.1. The molecule has 0 bridgehead atoms. The molecule has 1 unspecified atom stereocenters. The van der Waals surface area contributed by atoms with E-state index < -0.39 is 5.60 Å². The van der Waals surface area contributed by atoms with E-state index in [1.54, 1.807) is 6.92 Å². The van der Waals surface area contributed by atoms with Gasteiger partial charge in [0.2, 0.25) is 0 Å². The molecule has 0 aliphatic rings. The van der Waals surface area contributed by atoms with Gasteiger partial charge >= 0.3 is 6.03 Å². The van der Waals surface area contributed by atoms with Gasteiger partial charge in [-0.15, -0.1) is 0 Å². The Morgan fingerprint density at radius 1 is 1.00 bits per heavy atom. The fraction of sp³-hybridized carbons (Fsp3) is 0.350. The van der Waals surface area contributed by atoms with Crippen LogP contribution in [0.3, 0.4) is 0 Å². The van der Waals surface area contributed by atoms with Crippen molar-refractivity contribution >= 4 is 11.7 Å². The molecule has 2 amide bonds. The number of urea groups is 1. The molecule has 0 saturated carbocycles. The van der Waals surface area contributed by atoms with E-state index in [2.05, 4.69) is 24.5 Å². The first-order valence-electron chi connectivity index (χ1n) is 8.41. The normalized spacial score (nSPS) is 13.2. The Morgan fingerprint density at radius 2 is 1.58 bits per heavy atom. The zero-order chi connectivity index (χ0) is 17.6. The number of aryl methyl sites for hydroxylation is 2. The third kappa shape index (κ3) is 4.36. The van der Waals surface area contributed by atoms with Gasteiger partial charge < -0.3 is 15.7 Å². The van der Waals surface area contributed by atoms with Crippen molar-refractivity contribution in [2.45, 2.75) is 39.2 Å². The predicted molar refractivity (Wildman–Crippen MR) is 98.2 cm³/mol. The molecule has 128 valence electrons. The zero-order valence-electron chi connectivity index (χ0n) is 14.6. The molecular weight excluding hydrogens is 300 g/mol. The highest BCUT2D eigenvalue weighted by Gasteiger charge is 2.23. The maximum atomic E-state index is 12.3. The molecule has 2 aromatic rings. The van der Waals surface area contributed by atoms with Gasteiger partial charge in [-0.2, -0.15) is 0 Å². The van der Waals surface area contributed by atoms with E-state index in [1.807, 2.05) is 48.5 Å². The van der Waals surface area contributed by atoms with Gasteiger partial charge in [-0.05, 0) is 36.5 Å². The Morgan fingerprint density at radius 3 is 2.12 bits per heavy atom. The highest BCUT2D eigenvalue weighted by atomic mass is 16.3. The van der Waals surface area contributed by atoms with Crippen LogP contribution in [0, 0.1) is 0 Å². The van der Waals surface area contributed by atoms with Gasteiger partial charge in [0.05, 0.1) is 6.54 Å². The quantitative estimate of drug-likeness (QED) is 0.755. The van der Waals surface area contributed by atoms with Crippen LogP contribution in [0.25, 0.3) is 0 Å². The van der Waals surface area contributed by atoms with Gasteiger partial charge in [0.15, 0.2) is 0 Å². The lowest BCUT2D eigenvalue weighted by molar-refractivity contribution is 0.0599. The smallest absolute Gasteiger partial charge is 0.319 e. The molecule has 4 heteroatoms. The number of hydrogen-bond acceptors (Lipinski definition) is 2. The summed E-state index contributed by atoms with van der Waals surface area (Å²) in [4.78, 5) is 12.3. The lowest BCUT2D eigenvalue weighted by Gasteiger charge is -2.24. The van der Waals surface area contributed by atoms with E-state index in [0.29, 0.717) is 0 Å². The number of carbonyl (C=O) groups is 1. The molecule has 2 aromatic carbocycles. The molecule has 0 saturated heterocycles. The molecule has 3 N–H and O–H groups in total. The van der Waals surface area contributed by atoms with Crippen molar-refractivity contribution in [2.75, 3.05) is 11.9 Å². The number of hydrogen-bond donors (Lipinski definition) is 3. The van der Waals surface area contributed by atoms with E-state index in [4.69, 9.17) is 0 Å². The number of aliphatic hydroxyl groups is 1. The summed E-state index contributed by atoms with van der Waals surface area (Å²) in [6.07, 6.45) is 1.70. The molecule has 0 radical (unpaired) electrons. The molecule has 24 heavy (non-hydrogen) atoms. The van der Waals surface area contributed by atoms with E-state index in [9.17, 15) is 9.90 Å². The Labute approximate surface area is 143 Å². The summed E-state index contributed by atoms with van der Waals surface area (Å²) in [6.45, 7) is 5.97. The number of amides is 2. The zero-order valence-corrected chi connectivity index (χ0v) is 14.6.